The molecule has 2 heterocycles. The molecular formula is C5H14N7O+. The van der Waals surface area contributed by atoms with Crippen LogP contribution in [0.4, 0.5) is 0 Å². The van der Waals surface area contributed by atoms with Gasteiger partial charge in [0.1, 0.15) is 0 Å². The van der Waals surface area contributed by atoms with Gasteiger partial charge in [0, 0.05) is 0 Å². The first kappa shape index (κ1) is 8.81. The number of nitrogens with one attached hydrogen (secondary N) is 3. The van der Waals surface area contributed by atoms with Gasteiger partial charge in [-0.25, -0.2) is 15.6 Å². The second-order valence-electron chi connectivity index (χ2n) is 3.31. The minimum atomic E-state index is -1.24. The molecule has 8 nitrogen and oxygen atoms in total. The van der Waals surface area contributed by atoms with E-state index in [1.165, 1.54) is 6.34 Å². The fourth-order valence-corrected chi connectivity index (χ4v) is 1.60. The molecule has 0 aromatic carbocycles. The predicted molar refractivity (Wildman–Crippen MR) is 44.4 cm³/mol. The molecule has 74 valence electrons. The van der Waals surface area contributed by atoms with E-state index in [-0.39, 0.29) is 6.29 Å². The summed E-state index contributed by atoms with van der Waals surface area (Å²) in [7, 11) is 0. The Bertz CT molecular complexity index is 257. The average Bonchev–Trinajstić information content (AvgIpc) is 2.23. The number of nitrogens with two attached hydrogens (primary N) is 2. The molecule has 0 aromatic heterocycles. The summed E-state index contributed by atoms with van der Waals surface area (Å²) in [6.45, 7) is 0. The maximum Gasteiger partial charge on any atom is 0.200 e. The van der Waals surface area contributed by atoms with Gasteiger partial charge in [-0.2, -0.15) is 0 Å². The van der Waals surface area contributed by atoms with Crippen molar-refractivity contribution in [3.8, 4) is 0 Å². The number of hydrogen-bond donors (Lipinski definition) is 7. The van der Waals surface area contributed by atoms with Crippen molar-refractivity contribution in [2.24, 2.45) is 16.5 Å². The number of hydrogen-bond acceptors (Lipinski definition) is 7. The highest BCUT2D eigenvalue weighted by molar-refractivity contribution is 5.58. The summed E-state index contributed by atoms with van der Waals surface area (Å²) in [4.78, 5) is 3.71. The zero-order valence-corrected chi connectivity index (χ0v) is 6.99. The Kier molecular flexibility index (Phi) is 1.61. The molecule has 2 rings (SSSR count). The average molecular weight is 188 g/mol. The molecule has 0 aliphatic carbocycles. The zero-order valence-electron chi connectivity index (χ0n) is 6.99. The van der Waals surface area contributed by atoms with Gasteiger partial charge in [-0.1, -0.05) is 0 Å². The van der Waals surface area contributed by atoms with E-state index >= 15 is 0 Å². The third kappa shape index (κ3) is 0.981. The van der Waals surface area contributed by atoms with E-state index in [4.69, 9.17) is 11.5 Å². The van der Waals surface area contributed by atoms with Gasteiger partial charge in [-0.15, -0.1) is 0 Å². The van der Waals surface area contributed by atoms with Crippen LogP contribution in [-0.2, 0) is 0 Å². The van der Waals surface area contributed by atoms with Crippen molar-refractivity contribution in [3.63, 3.8) is 0 Å². The second kappa shape index (κ2) is 2.38. The molecule has 0 amide bonds. The van der Waals surface area contributed by atoms with Crippen LogP contribution >= 0.6 is 0 Å². The number of aliphatic hydroxyl groups excluding tert-OH is 1. The highest BCUT2D eigenvalue weighted by Gasteiger charge is 2.60. The van der Waals surface area contributed by atoms with Crippen LogP contribution in [0.2, 0.25) is 0 Å². The zero-order chi connectivity index (χ0) is 9.69. The highest BCUT2D eigenvalue weighted by atomic mass is 16.3. The van der Waals surface area contributed by atoms with Crippen molar-refractivity contribution < 1.29 is 10.8 Å². The lowest BCUT2D eigenvalue weighted by Gasteiger charge is -2.42. The number of quaternary nitrogens is 1. The van der Waals surface area contributed by atoms with Gasteiger partial charge in [-0.05, 0) is 0 Å². The van der Waals surface area contributed by atoms with Crippen molar-refractivity contribution in [1.82, 2.24) is 16.0 Å². The van der Waals surface area contributed by atoms with E-state index in [2.05, 4.69) is 26.7 Å². The number of rotatable bonds is 0. The molecule has 1 fully saturated rings. The maximum atomic E-state index is 9.55. The molecule has 0 bridgehead atoms. The quantitative estimate of drug-likeness (QED) is 0.202. The van der Waals surface area contributed by atoms with Crippen molar-refractivity contribution in [2.45, 2.75) is 24.0 Å². The van der Waals surface area contributed by atoms with Gasteiger partial charge in [0.05, 0.1) is 6.34 Å². The summed E-state index contributed by atoms with van der Waals surface area (Å²) in [5, 5.41) is 18.0. The third-order valence-electron chi connectivity index (χ3n) is 2.38. The summed E-state index contributed by atoms with van der Waals surface area (Å²) in [5.41, 5.74) is 14.2. The third-order valence-corrected chi connectivity index (χ3v) is 2.38. The lowest BCUT2D eigenvalue weighted by Crippen LogP contribution is -2.82. The SMILES string of the molecule is NC12NC=NC(O)C1(N)NC([NH3+])N2. The number of nitrogens with zero attached hydrogens (tertiary/aromatic N) is 1. The summed E-state index contributed by atoms with van der Waals surface area (Å²) < 4.78 is 0. The van der Waals surface area contributed by atoms with E-state index in [0.717, 1.165) is 0 Å². The fraction of sp³-hybridized carbons (Fsp3) is 0.800. The van der Waals surface area contributed by atoms with E-state index in [1.807, 2.05) is 0 Å². The first-order valence-electron chi connectivity index (χ1n) is 3.91. The minimum Gasteiger partial charge on any atom is -0.369 e. The highest BCUT2D eigenvalue weighted by Crippen LogP contribution is 2.21. The Hall–Kier alpha value is -0.770. The molecular weight excluding hydrogens is 174 g/mol. The standard InChI is InChI=1S/C5H13N7O/c6-3-11-4(7)2(13)9-1-10-5(4,8)12-3/h1-3,11-13H,6-8H2,(H,9,10)/p+1. The van der Waals surface area contributed by atoms with Crippen LogP contribution in [-0.4, -0.2) is 35.4 Å². The lowest BCUT2D eigenvalue weighted by molar-refractivity contribution is -0.434. The number of fused-ring (bicyclic) bond motifs is 1. The van der Waals surface area contributed by atoms with Crippen molar-refractivity contribution in [3.05, 3.63) is 0 Å². The normalized spacial score (nSPS) is 54.5. The van der Waals surface area contributed by atoms with Crippen molar-refractivity contribution in [1.29, 1.82) is 0 Å². The molecule has 13 heavy (non-hydrogen) atoms. The smallest absolute Gasteiger partial charge is 0.200 e. The molecule has 0 aromatic rings. The van der Waals surface area contributed by atoms with Crippen LogP contribution in [0, 0.1) is 0 Å². The second-order valence-corrected chi connectivity index (χ2v) is 3.31. The fourth-order valence-electron chi connectivity index (χ4n) is 1.60. The molecule has 2 aliphatic rings. The van der Waals surface area contributed by atoms with Gasteiger partial charge in [0.15, 0.2) is 24.0 Å². The Morgan fingerprint density at radius 2 is 2.15 bits per heavy atom. The molecule has 0 saturated carbocycles. The van der Waals surface area contributed by atoms with E-state index in [9.17, 15) is 5.11 Å². The molecule has 2 aliphatic heterocycles. The van der Waals surface area contributed by atoms with E-state index < -0.39 is 17.7 Å². The Morgan fingerprint density at radius 3 is 2.77 bits per heavy atom. The molecule has 4 atom stereocenters. The first-order chi connectivity index (χ1) is 5.98. The Labute approximate surface area is 74.5 Å². The molecule has 4 unspecified atom stereocenters. The van der Waals surface area contributed by atoms with Crippen LogP contribution in [0.3, 0.4) is 0 Å². The summed E-state index contributed by atoms with van der Waals surface area (Å²) in [6, 6.07) is 0. The Balaban J connectivity index is 2.38. The van der Waals surface area contributed by atoms with Crippen molar-refractivity contribution in [2.75, 3.05) is 0 Å². The molecule has 1 saturated heterocycles. The monoisotopic (exact) mass is 188 g/mol. The van der Waals surface area contributed by atoms with E-state index in [1.54, 1.807) is 0 Å². The number of aliphatic imine (C=N–C) groups is 1. The van der Waals surface area contributed by atoms with E-state index in [0.29, 0.717) is 0 Å². The predicted octanol–water partition coefficient (Wildman–Crippen LogP) is -5.08. The van der Waals surface area contributed by atoms with Crippen LogP contribution < -0.4 is 33.2 Å². The molecule has 11 N–H and O–H groups in total. The molecule has 0 radical (unpaired) electrons. The topological polar surface area (TPSA) is 148 Å². The first-order valence-corrected chi connectivity index (χ1v) is 3.91. The maximum absolute atomic E-state index is 9.55. The van der Waals surface area contributed by atoms with Gasteiger partial charge in [-0.3, -0.25) is 5.73 Å². The largest absolute Gasteiger partial charge is 0.369 e. The lowest BCUT2D eigenvalue weighted by atomic mass is 10.0. The van der Waals surface area contributed by atoms with Gasteiger partial charge in [0.25, 0.3) is 0 Å². The van der Waals surface area contributed by atoms with Gasteiger partial charge >= 0.3 is 0 Å². The Morgan fingerprint density at radius 1 is 1.46 bits per heavy atom. The summed E-state index contributed by atoms with van der Waals surface area (Å²) >= 11 is 0. The van der Waals surface area contributed by atoms with Gasteiger partial charge in [0.2, 0.25) is 0 Å². The number of aliphatic hydroxyl groups is 1. The summed E-state index contributed by atoms with van der Waals surface area (Å²) in [5.74, 6) is -1.12. The summed E-state index contributed by atoms with van der Waals surface area (Å²) in [6.07, 6.45) is -0.112. The minimum absolute atomic E-state index is 0.334. The van der Waals surface area contributed by atoms with Crippen LogP contribution in [0.25, 0.3) is 0 Å². The van der Waals surface area contributed by atoms with Crippen LogP contribution in [0.5, 0.6) is 0 Å². The van der Waals surface area contributed by atoms with Crippen LogP contribution in [0.15, 0.2) is 4.99 Å². The van der Waals surface area contributed by atoms with Crippen molar-refractivity contribution >= 4 is 6.34 Å². The van der Waals surface area contributed by atoms with Crippen LogP contribution in [0.1, 0.15) is 0 Å². The molecule has 8 heteroatoms. The molecule has 0 spiro atoms. The van der Waals surface area contributed by atoms with Gasteiger partial charge < -0.3 is 21.9 Å².